The van der Waals surface area contributed by atoms with E-state index in [-0.39, 0.29) is 5.91 Å². The molecule has 0 aromatic rings. The minimum absolute atomic E-state index is 0.0722. The highest BCUT2D eigenvalue weighted by Crippen LogP contribution is 2.26. The van der Waals surface area contributed by atoms with Crippen LogP contribution in [0.5, 0.6) is 0 Å². The van der Waals surface area contributed by atoms with E-state index in [1.165, 1.54) is 11.5 Å². The highest BCUT2D eigenvalue weighted by atomic mass is 32.2. The van der Waals surface area contributed by atoms with Gasteiger partial charge in [0.1, 0.15) is 5.54 Å². The second-order valence-corrected chi connectivity index (χ2v) is 7.03. The van der Waals surface area contributed by atoms with Gasteiger partial charge in [-0.2, -0.15) is 17.0 Å². The summed E-state index contributed by atoms with van der Waals surface area (Å²) in [4.78, 5) is 14.4. The van der Waals surface area contributed by atoms with Gasteiger partial charge in [0.05, 0.1) is 6.07 Å². The molecule has 106 valence electrons. The lowest BCUT2D eigenvalue weighted by Crippen LogP contribution is -2.54. The normalized spacial score (nSPS) is 24.6. The highest BCUT2D eigenvalue weighted by Gasteiger charge is 2.35. The van der Waals surface area contributed by atoms with E-state index in [4.69, 9.17) is 0 Å². The van der Waals surface area contributed by atoms with Gasteiger partial charge in [-0.05, 0) is 50.2 Å². The molecule has 2 aliphatic heterocycles. The number of amides is 1. The molecule has 0 aliphatic carbocycles. The molecule has 0 aromatic heterocycles. The molecule has 2 saturated heterocycles. The predicted octanol–water partition coefficient (Wildman–Crippen LogP) is 1.62. The molecule has 0 unspecified atom stereocenters. The molecule has 4 nitrogen and oxygen atoms in total. The topological polar surface area (TPSA) is 56.1 Å². The first-order valence-corrected chi connectivity index (χ1v) is 8.27. The molecule has 0 radical (unpaired) electrons. The number of piperidine rings is 1. The summed E-state index contributed by atoms with van der Waals surface area (Å²) >= 11 is 1.98. The second-order valence-electron chi connectivity index (χ2n) is 5.81. The van der Waals surface area contributed by atoms with Crippen molar-refractivity contribution in [3.05, 3.63) is 0 Å². The van der Waals surface area contributed by atoms with Gasteiger partial charge in [-0.1, -0.05) is 0 Å². The number of hydrogen-bond donors (Lipinski definition) is 1. The molecule has 1 N–H and O–H groups in total. The Labute approximate surface area is 119 Å². The number of carbonyl (C=O) groups excluding carboxylic acids is 1. The molecule has 5 heteroatoms. The highest BCUT2D eigenvalue weighted by molar-refractivity contribution is 7.99. The summed E-state index contributed by atoms with van der Waals surface area (Å²) < 4.78 is 0. The number of nitriles is 1. The van der Waals surface area contributed by atoms with Crippen LogP contribution in [-0.4, -0.2) is 48.0 Å². The predicted molar refractivity (Wildman–Crippen MR) is 77.9 cm³/mol. The number of nitrogens with zero attached hydrogens (tertiary/aromatic N) is 2. The number of likely N-dealkylation sites (tertiary alicyclic amines) is 1. The molecule has 0 spiro atoms. The largest absolute Gasteiger partial charge is 0.338 e. The fourth-order valence-corrected chi connectivity index (χ4v) is 4.00. The lowest BCUT2D eigenvalue weighted by molar-refractivity contribution is -0.123. The Morgan fingerprint density at radius 1 is 1.42 bits per heavy atom. The van der Waals surface area contributed by atoms with Crippen LogP contribution in [0.3, 0.4) is 0 Å². The molecule has 2 rings (SSSR count). The summed E-state index contributed by atoms with van der Waals surface area (Å²) in [6.45, 7) is 1.77. The quantitative estimate of drug-likeness (QED) is 0.854. The van der Waals surface area contributed by atoms with Crippen LogP contribution in [0.1, 0.15) is 32.1 Å². The van der Waals surface area contributed by atoms with Crippen LogP contribution in [0.4, 0.5) is 0 Å². The second kappa shape index (κ2) is 6.62. The fraction of sp³-hybridized carbons (Fsp3) is 0.857. The van der Waals surface area contributed by atoms with Gasteiger partial charge in [0, 0.05) is 19.5 Å². The smallest absolute Gasteiger partial charge is 0.221 e. The van der Waals surface area contributed by atoms with E-state index >= 15 is 0 Å². The van der Waals surface area contributed by atoms with Crippen molar-refractivity contribution in [3.8, 4) is 6.07 Å². The number of nitrogens with one attached hydrogen (secondary N) is 1. The van der Waals surface area contributed by atoms with E-state index in [9.17, 15) is 10.1 Å². The SMILES string of the molecule is CN1CCC(C#N)(NC(=O)CC2CCSCC2)CC1. The van der Waals surface area contributed by atoms with E-state index in [2.05, 4.69) is 23.3 Å². The molecular weight excluding hydrogens is 258 g/mol. The maximum absolute atomic E-state index is 12.1. The van der Waals surface area contributed by atoms with E-state index in [0.29, 0.717) is 12.3 Å². The third-order valence-electron chi connectivity index (χ3n) is 4.25. The van der Waals surface area contributed by atoms with Gasteiger partial charge in [0.2, 0.25) is 5.91 Å². The van der Waals surface area contributed by atoms with E-state index in [1.807, 2.05) is 11.8 Å². The maximum Gasteiger partial charge on any atom is 0.221 e. The Balaban J connectivity index is 1.84. The molecule has 1 amide bonds. The monoisotopic (exact) mass is 281 g/mol. The zero-order valence-electron chi connectivity index (χ0n) is 11.7. The maximum atomic E-state index is 12.1. The van der Waals surface area contributed by atoms with Gasteiger partial charge in [-0.3, -0.25) is 4.79 Å². The van der Waals surface area contributed by atoms with Gasteiger partial charge in [0.25, 0.3) is 0 Å². The van der Waals surface area contributed by atoms with Crippen molar-refractivity contribution in [1.29, 1.82) is 5.26 Å². The van der Waals surface area contributed by atoms with Crippen molar-refractivity contribution in [2.75, 3.05) is 31.6 Å². The number of rotatable bonds is 3. The minimum atomic E-state index is -0.618. The lowest BCUT2D eigenvalue weighted by Gasteiger charge is -2.36. The standard InChI is InChI=1S/C14H23N3OS/c1-17-6-4-14(11-15,5-7-17)16-13(18)10-12-2-8-19-9-3-12/h12H,2-10H2,1H3,(H,16,18). The summed E-state index contributed by atoms with van der Waals surface area (Å²) in [5, 5.41) is 12.4. The molecule has 0 bridgehead atoms. The average Bonchev–Trinajstić information content (AvgIpc) is 2.43. The number of hydrogen-bond acceptors (Lipinski definition) is 4. The molecule has 2 heterocycles. The van der Waals surface area contributed by atoms with Gasteiger partial charge < -0.3 is 10.2 Å². The van der Waals surface area contributed by atoms with Crippen LogP contribution < -0.4 is 5.32 Å². The zero-order chi connectivity index (χ0) is 13.7. The summed E-state index contributed by atoms with van der Waals surface area (Å²) in [7, 11) is 2.06. The Kier molecular flexibility index (Phi) is 5.12. The van der Waals surface area contributed by atoms with Crippen molar-refractivity contribution in [1.82, 2.24) is 10.2 Å². The molecule has 2 fully saturated rings. The van der Waals surface area contributed by atoms with Crippen LogP contribution in [0.25, 0.3) is 0 Å². The van der Waals surface area contributed by atoms with Crippen LogP contribution in [0.2, 0.25) is 0 Å². The molecule has 0 aromatic carbocycles. The third-order valence-corrected chi connectivity index (χ3v) is 5.30. The molecular formula is C14H23N3OS. The summed E-state index contributed by atoms with van der Waals surface area (Å²) in [5.41, 5.74) is -0.618. The van der Waals surface area contributed by atoms with Crippen molar-refractivity contribution in [3.63, 3.8) is 0 Å². The van der Waals surface area contributed by atoms with E-state index in [0.717, 1.165) is 38.8 Å². The summed E-state index contributed by atoms with van der Waals surface area (Å²) in [5.74, 6) is 2.93. The minimum Gasteiger partial charge on any atom is -0.338 e. The van der Waals surface area contributed by atoms with Crippen molar-refractivity contribution < 1.29 is 4.79 Å². The Hall–Kier alpha value is -0.730. The van der Waals surface area contributed by atoms with Crippen molar-refractivity contribution in [2.45, 2.75) is 37.6 Å². The van der Waals surface area contributed by atoms with Crippen molar-refractivity contribution >= 4 is 17.7 Å². The van der Waals surface area contributed by atoms with E-state index < -0.39 is 5.54 Å². The zero-order valence-corrected chi connectivity index (χ0v) is 12.5. The van der Waals surface area contributed by atoms with Crippen LogP contribution in [0, 0.1) is 17.2 Å². The van der Waals surface area contributed by atoms with Crippen molar-refractivity contribution in [2.24, 2.45) is 5.92 Å². The summed E-state index contributed by atoms with van der Waals surface area (Å²) in [6, 6.07) is 2.34. The first kappa shape index (κ1) is 14.7. The first-order chi connectivity index (χ1) is 9.13. The molecule has 2 aliphatic rings. The lowest BCUT2D eigenvalue weighted by atomic mass is 9.88. The Morgan fingerprint density at radius 2 is 2.05 bits per heavy atom. The molecule has 19 heavy (non-hydrogen) atoms. The Morgan fingerprint density at radius 3 is 2.63 bits per heavy atom. The van der Waals surface area contributed by atoms with Gasteiger partial charge >= 0.3 is 0 Å². The average molecular weight is 281 g/mol. The number of thioether (sulfide) groups is 1. The fourth-order valence-electron chi connectivity index (χ4n) is 2.80. The third kappa shape index (κ3) is 4.12. The summed E-state index contributed by atoms with van der Waals surface area (Å²) in [6.07, 6.45) is 4.36. The van der Waals surface area contributed by atoms with Crippen LogP contribution in [-0.2, 0) is 4.79 Å². The number of carbonyl (C=O) groups is 1. The van der Waals surface area contributed by atoms with Gasteiger partial charge in [-0.15, -0.1) is 0 Å². The van der Waals surface area contributed by atoms with Gasteiger partial charge in [-0.25, -0.2) is 0 Å². The molecule has 0 atom stereocenters. The van der Waals surface area contributed by atoms with Crippen LogP contribution in [0.15, 0.2) is 0 Å². The van der Waals surface area contributed by atoms with E-state index in [1.54, 1.807) is 0 Å². The van der Waals surface area contributed by atoms with Crippen LogP contribution >= 0.6 is 11.8 Å². The van der Waals surface area contributed by atoms with Gasteiger partial charge in [0.15, 0.2) is 0 Å². The first-order valence-electron chi connectivity index (χ1n) is 7.12. The Bertz CT molecular complexity index is 352. The molecule has 0 saturated carbocycles.